The molecule has 0 spiro atoms. The molecule has 1 aliphatic rings. The van der Waals surface area contributed by atoms with Crippen LogP contribution in [0.1, 0.15) is 50.7 Å². The molecule has 0 atom stereocenters. The molecule has 2 rings (SSSR count). The summed E-state index contributed by atoms with van der Waals surface area (Å²) in [6.07, 6.45) is 0.771. The van der Waals surface area contributed by atoms with E-state index < -0.39 is 23.7 Å². The second kappa shape index (κ2) is 13.1. The van der Waals surface area contributed by atoms with Crippen LogP contribution in [0.15, 0.2) is 36.4 Å². The minimum Gasteiger partial charge on any atom is -0.478 e. The van der Waals surface area contributed by atoms with Crippen LogP contribution in [0.5, 0.6) is 0 Å². The molecule has 1 saturated heterocycles. The first-order valence-electron chi connectivity index (χ1n) is 10.4. The molecule has 3 N–H and O–H groups in total. The Morgan fingerprint density at radius 2 is 1.61 bits per heavy atom. The van der Waals surface area contributed by atoms with E-state index in [0.717, 1.165) is 38.8 Å². The molecule has 0 radical (unpaired) electrons. The summed E-state index contributed by atoms with van der Waals surface area (Å²) in [6.45, 7) is 6.52. The van der Waals surface area contributed by atoms with E-state index in [1.54, 1.807) is 12.1 Å². The Morgan fingerprint density at radius 1 is 1.10 bits per heavy atom. The van der Waals surface area contributed by atoms with E-state index in [0.29, 0.717) is 36.3 Å². The smallest absolute Gasteiger partial charge is 0.416 e. The van der Waals surface area contributed by atoms with Gasteiger partial charge in [-0.05, 0) is 50.4 Å². The van der Waals surface area contributed by atoms with Gasteiger partial charge >= 0.3 is 18.1 Å². The van der Waals surface area contributed by atoms with Crippen LogP contribution >= 0.6 is 0 Å². The minimum absolute atomic E-state index is 0.333. The predicted octanol–water partition coefficient (Wildman–Crippen LogP) is 4.16. The number of hydrogen-bond donors (Lipinski definition) is 3. The Hall–Kier alpha value is -2.39. The number of carboxylic acids is 2. The van der Waals surface area contributed by atoms with Crippen molar-refractivity contribution in [2.24, 2.45) is 0 Å². The summed E-state index contributed by atoms with van der Waals surface area (Å²) in [7, 11) is 0. The lowest BCUT2D eigenvalue weighted by Crippen LogP contribution is -2.47. The van der Waals surface area contributed by atoms with Gasteiger partial charge in [0.15, 0.2) is 0 Å². The zero-order valence-electron chi connectivity index (χ0n) is 17.9. The summed E-state index contributed by atoms with van der Waals surface area (Å²) in [4.78, 5) is 21.4. The van der Waals surface area contributed by atoms with E-state index >= 15 is 0 Å². The molecule has 174 valence electrons. The van der Waals surface area contributed by atoms with E-state index in [2.05, 4.69) is 24.1 Å². The number of carbonyl (C=O) groups is 2. The lowest BCUT2D eigenvalue weighted by atomic mass is 9.97. The molecule has 0 amide bonds. The highest BCUT2D eigenvalue weighted by Crippen LogP contribution is 2.33. The fourth-order valence-corrected chi connectivity index (χ4v) is 3.73. The van der Waals surface area contributed by atoms with Crippen LogP contribution in [-0.2, 0) is 22.3 Å². The Balaban J connectivity index is 0.000000512. The Morgan fingerprint density at radius 3 is 2.06 bits per heavy atom. The maximum Gasteiger partial charge on any atom is 0.416 e. The summed E-state index contributed by atoms with van der Waals surface area (Å²) < 4.78 is 39.8. The molecule has 0 saturated carbocycles. The van der Waals surface area contributed by atoms with Gasteiger partial charge in [0.25, 0.3) is 0 Å². The molecule has 6 nitrogen and oxygen atoms in total. The summed E-state index contributed by atoms with van der Waals surface area (Å²) in [5.74, 6) is -2.51. The number of nitrogens with one attached hydrogen (secondary N) is 1. The molecule has 0 bridgehead atoms. The first-order chi connectivity index (χ1) is 14.6. The summed E-state index contributed by atoms with van der Waals surface area (Å²) in [5, 5.41) is 19.0. The van der Waals surface area contributed by atoms with Gasteiger partial charge in [-0.2, -0.15) is 13.2 Å². The molecule has 31 heavy (non-hydrogen) atoms. The Bertz CT molecular complexity index is 712. The maximum atomic E-state index is 13.3. The number of piperidine rings is 1. The summed E-state index contributed by atoms with van der Waals surface area (Å²) in [6, 6.07) is 6.69. The molecule has 1 aromatic carbocycles. The van der Waals surface area contributed by atoms with Gasteiger partial charge in [0.1, 0.15) is 0 Å². The van der Waals surface area contributed by atoms with Crippen molar-refractivity contribution >= 4 is 11.9 Å². The van der Waals surface area contributed by atoms with Crippen molar-refractivity contribution in [3.05, 3.63) is 47.5 Å². The first kappa shape index (κ1) is 26.6. The normalized spacial score (nSPS) is 15.2. The number of aliphatic carboxylic acids is 2. The van der Waals surface area contributed by atoms with Gasteiger partial charge in [-0.3, -0.25) is 4.90 Å². The minimum atomic E-state index is -4.29. The summed E-state index contributed by atoms with van der Waals surface area (Å²) >= 11 is 0. The van der Waals surface area contributed by atoms with E-state index in [9.17, 15) is 22.8 Å². The van der Waals surface area contributed by atoms with Gasteiger partial charge in [-0.1, -0.05) is 32.0 Å². The first-order valence-corrected chi connectivity index (χ1v) is 10.4. The number of nitrogens with zero attached hydrogens (tertiary/aromatic N) is 1. The lowest BCUT2D eigenvalue weighted by molar-refractivity contribution is -0.138. The third-order valence-electron chi connectivity index (χ3n) is 5.23. The van der Waals surface area contributed by atoms with Crippen LogP contribution in [0, 0.1) is 0 Å². The van der Waals surface area contributed by atoms with Crippen molar-refractivity contribution in [2.75, 3.05) is 13.1 Å². The van der Waals surface area contributed by atoms with Crippen molar-refractivity contribution in [3.8, 4) is 0 Å². The molecule has 0 aliphatic carbocycles. The van der Waals surface area contributed by atoms with Gasteiger partial charge in [0, 0.05) is 30.8 Å². The molecular formula is C22H31F3N2O4. The molecule has 1 aliphatic heterocycles. The van der Waals surface area contributed by atoms with Crippen LogP contribution < -0.4 is 5.32 Å². The Labute approximate surface area is 180 Å². The van der Waals surface area contributed by atoms with Crippen molar-refractivity contribution in [3.63, 3.8) is 0 Å². The average Bonchev–Trinajstić information content (AvgIpc) is 2.73. The molecule has 1 heterocycles. The highest BCUT2D eigenvalue weighted by Gasteiger charge is 2.34. The van der Waals surface area contributed by atoms with Crippen LogP contribution in [0.3, 0.4) is 0 Å². The largest absolute Gasteiger partial charge is 0.478 e. The maximum absolute atomic E-state index is 13.3. The molecule has 0 aromatic heterocycles. The van der Waals surface area contributed by atoms with E-state index in [1.165, 1.54) is 12.1 Å². The lowest BCUT2D eigenvalue weighted by Gasteiger charge is -2.40. The SMILES string of the molecule is CCC(CC)N(Cc1ccccc1C(F)(F)F)C1CCNCC1.O=C(O)/C=C/C(=O)O. The molecule has 1 fully saturated rings. The van der Waals surface area contributed by atoms with Crippen molar-refractivity contribution in [1.29, 1.82) is 0 Å². The van der Waals surface area contributed by atoms with E-state index in [4.69, 9.17) is 10.2 Å². The topological polar surface area (TPSA) is 89.9 Å². The highest BCUT2D eigenvalue weighted by atomic mass is 19.4. The second-order valence-electron chi connectivity index (χ2n) is 7.29. The third-order valence-corrected chi connectivity index (χ3v) is 5.23. The number of rotatable bonds is 8. The Kier molecular flexibility index (Phi) is 11.3. The van der Waals surface area contributed by atoms with Crippen molar-refractivity contribution in [2.45, 2.75) is 64.3 Å². The predicted molar refractivity (Wildman–Crippen MR) is 112 cm³/mol. The van der Waals surface area contributed by atoms with E-state index in [-0.39, 0.29) is 0 Å². The fraction of sp³-hybridized carbons (Fsp3) is 0.545. The average molecular weight is 444 g/mol. The van der Waals surface area contributed by atoms with Gasteiger partial charge in [-0.25, -0.2) is 9.59 Å². The van der Waals surface area contributed by atoms with Gasteiger partial charge in [-0.15, -0.1) is 0 Å². The quantitative estimate of drug-likeness (QED) is 0.522. The van der Waals surface area contributed by atoms with E-state index in [1.807, 2.05) is 0 Å². The molecule has 0 unspecified atom stereocenters. The van der Waals surface area contributed by atoms with Gasteiger partial charge in [0.2, 0.25) is 0 Å². The second-order valence-corrected chi connectivity index (χ2v) is 7.29. The number of hydrogen-bond acceptors (Lipinski definition) is 4. The zero-order valence-corrected chi connectivity index (χ0v) is 17.9. The monoisotopic (exact) mass is 444 g/mol. The van der Waals surface area contributed by atoms with Crippen LogP contribution in [0.4, 0.5) is 13.2 Å². The van der Waals surface area contributed by atoms with Crippen LogP contribution in [-0.4, -0.2) is 52.2 Å². The van der Waals surface area contributed by atoms with Crippen LogP contribution in [0.25, 0.3) is 0 Å². The summed E-state index contributed by atoms with van der Waals surface area (Å²) in [5.41, 5.74) is -0.102. The zero-order chi connectivity index (χ0) is 23.4. The number of alkyl halides is 3. The number of halogens is 3. The van der Waals surface area contributed by atoms with Crippen LogP contribution in [0.2, 0.25) is 0 Å². The van der Waals surface area contributed by atoms with Crippen molar-refractivity contribution in [1.82, 2.24) is 10.2 Å². The number of benzene rings is 1. The third kappa shape index (κ3) is 9.52. The molecular weight excluding hydrogens is 413 g/mol. The van der Waals surface area contributed by atoms with Gasteiger partial charge < -0.3 is 15.5 Å². The fourth-order valence-electron chi connectivity index (χ4n) is 3.73. The van der Waals surface area contributed by atoms with Crippen molar-refractivity contribution < 1.29 is 33.0 Å². The highest BCUT2D eigenvalue weighted by molar-refractivity contribution is 5.89. The molecule has 1 aromatic rings. The number of carboxylic acid groups (broad SMARTS) is 2. The standard InChI is InChI=1S/C18H27F3N2.C4H4O4/c1-3-15(4-2)23(16-9-11-22-12-10-16)13-14-7-5-6-8-17(14)18(19,20)21;5-3(6)1-2-4(7)8/h5-8,15-16,22H,3-4,9-13H2,1-2H3;1-2H,(H,5,6)(H,7,8)/b;2-1+. The van der Waals surface area contributed by atoms with Gasteiger partial charge in [0.05, 0.1) is 5.56 Å². The molecule has 9 heteroatoms.